The quantitative estimate of drug-likeness (QED) is 0.641. The number of aromatic amines is 1. The summed E-state index contributed by atoms with van der Waals surface area (Å²) in [6.45, 7) is 3.91. The van der Waals surface area contributed by atoms with Crippen LogP contribution in [0.25, 0.3) is 11.4 Å². The Balaban J connectivity index is 1.41. The number of benzene rings is 1. The molecule has 1 N–H and O–H groups in total. The van der Waals surface area contributed by atoms with E-state index in [1.54, 1.807) is 14.4 Å². The van der Waals surface area contributed by atoms with Crippen LogP contribution in [0.15, 0.2) is 42.9 Å². The fourth-order valence-electron chi connectivity index (χ4n) is 3.35. The Morgan fingerprint density at radius 3 is 2.43 bits per heavy atom. The molecule has 0 bridgehead atoms. The smallest absolute Gasteiger partial charge is 0.274 e. The van der Waals surface area contributed by atoms with Crippen molar-refractivity contribution in [3.8, 4) is 11.4 Å². The van der Waals surface area contributed by atoms with Crippen LogP contribution in [-0.2, 0) is 11.3 Å². The molecule has 0 aliphatic carbocycles. The molecule has 30 heavy (non-hydrogen) atoms. The van der Waals surface area contributed by atoms with Gasteiger partial charge in [0.05, 0.1) is 6.20 Å². The first-order chi connectivity index (χ1) is 14.5. The lowest BCUT2D eigenvalue weighted by molar-refractivity contribution is -0.133. The van der Waals surface area contributed by atoms with Crippen molar-refractivity contribution in [2.24, 2.45) is 0 Å². The van der Waals surface area contributed by atoms with Gasteiger partial charge in [-0.05, 0) is 19.1 Å². The SMILES string of the molecule is Cc1ccc(-c2n[nH]c(=S)n2CC(=O)N2CCN(C(=O)c3cnccn3)CC2)cc1. The minimum atomic E-state index is -0.172. The number of rotatable bonds is 4. The minimum absolute atomic E-state index is 0.0625. The molecule has 0 spiro atoms. The van der Waals surface area contributed by atoms with Crippen molar-refractivity contribution in [3.63, 3.8) is 0 Å². The number of aromatic nitrogens is 5. The molecule has 1 aromatic carbocycles. The van der Waals surface area contributed by atoms with Crippen molar-refractivity contribution in [2.45, 2.75) is 13.5 Å². The average Bonchev–Trinajstić information content (AvgIpc) is 3.14. The standard InChI is InChI=1S/C20H21N7O2S/c1-14-2-4-15(5-3-14)18-23-24-20(30)27(18)13-17(28)25-8-10-26(11-9-25)19(29)16-12-21-6-7-22-16/h2-7,12H,8-11,13H2,1H3,(H,24,30). The van der Waals surface area contributed by atoms with Gasteiger partial charge in [0.15, 0.2) is 10.6 Å². The summed E-state index contributed by atoms with van der Waals surface area (Å²) in [4.78, 5) is 36.8. The maximum atomic E-state index is 12.9. The lowest BCUT2D eigenvalue weighted by Gasteiger charge is -2.34. The molecule has 154 valence electrons. The van der Waals surface area contributed by atoms with Gasteiger partial charge >= 0.3 is 0 Å². The monoisotopic (exact) mass is 423 g/mol. The lowest BCUT2D eigenvalue weighted by Crippen LogP contribution is -2.51. The molecule has 0 atom stereocenters. The first kappa shape index (κ1) is 19.9. The summed E-state index contributed by atoms with van der Waals surface area (Å²) in [7, 11) is 0. The van der Waals surface area contributed by atoms with Crippen LogP contribution in [-0.4, -0.2) is 72.5 Å². The molecular weight excluding hydrogens is 402 g/mol. The van der Waals surface area contributed by atoms with Gasteiger partial charge in [-0.15, -0.1) is 0 Å². The highest BCUT2D eigenvalue weighted by molar-refractivity contribution is 7.71. The third-order valence-electron chi connectivity index (χ3n) is 5.06. The van der Waals surface area contributed by atoms with E-state index in [-0.39, 0.29) is 18.4 Å². The van der Waals surface area contributed by atoms with Crippen LogP contribution in [0.2, 0.25) is 0 Å². The maximum Gasteiger partial charge on any atom is 0.274 e. The number of aryl methyl sites for hydroxylation is 1. The van der Waals surface area contributed by atoms with Crippen LogP contribution < -0.4 is 0 Å². The molecule has 10 heteroatoms. The molecule has 0 saturated carbocycles. The van der Waals surface area contributed by atoms with E-state index in [2.05, 4.69) is 20.2 Å². The van der Waals surface area contributed by atoms with Crippen LogP contribution in [0.4, 0.5) is 0 Å². The van der Waals surface area contributed by atoms with E-state index >= 15 is 0 Å². The topological polar surface area (TPSA) is 100 Å². The molecule has 1 aliphatic rings. The Bertz CT molecular complexity index is 1100. The fraction of sp³-hybridized carbons (Fsp3) is 0.300. The maximum absolute atomic E-state index is 12.9. The van der Waals surface area contributed by atoms with E-state index in [0.717, 1.165) is 11.1 Å². The van der Waals surface area contributed by atoms with Gasteiger partial charge in [-0.1, -0.05) is 29.8 Å². The molecule has 4 rings (SSSR count). The second-order valence-electron chi connectivity index (χ2n) is 7.07. The predicted octanol–water partition coefficient (Wildman–Crippen LogP) is 1.69. The number of nitrogens with zero attached hydrogens (tertiary/aromatic N) is 6. The van der Waals surface area contributed by atoms with Crippen LogP contribution in [0.5, 0.6) is 0 Å². The molecule has 2 aromatic heterocycles. The summed E-state index contributed by atoms with van der Waals surface area (Å²) < 4.78 is 2.11. The van der Waals surface area contributed by atoms with Crippen LogP contribution in [0.3, 0.4) is 0 Å². The highest BCUT2D eigenvalue weighted by Gasteiger charge is 2.26. The van der Waals surface area contributed by atoms with Crippen molar-refractivity contribution >= 4 is 24.0 Å². The Hall–Kier alpha value is -3.40. The number of piperazine rings is 1. The molecule has 3 heterocycles. The van der Waals surface area contributed by atoms with Gasteiger partial charge in [-0.3, -0.25) is 24.2 Å². The second kappa shape index (κ2) is 8.54. The Morgan fingerprint density at radius 1 is 1.07 bits per heavy atom. The van der Waals surface area contributed by atoms with Gasteiger partial charge in [0, 0.05) is 44.1 Å². The van der Waals surface area contributed by atoms with Crippen molar-refractivity contribution < 1.29 is 9.59 Å². The highest BCUT2D eigenvalue weighted by Crippen LogP contribution is 2.18. The fourth-order valence-corrected chi connectivity index (χ4v) is 3.55. The highest BCUT2D eigenvalue weighted by atomic mass is 32.1. The Kier molecular flexibility index (Phi) is 5.66. The molecule has 1 fully saturated rings. The first-order valence-electron chi connectivity index (χ1n) is 9.58. The predicted molar refractivity (Wildman–Crippen MR) is 112 cm³/mol. The molecule has 0 unspecified atom stereocenters. The summed E-state index contributed by atoms with van der Waals surface area (Å²) in [5.41, 5.74) is 2.34. The number of carbonyl (C=O) groups excluding carboxylic acids is 2. The molecule has 9 nitrogen and oxygen atoms in total. The average molecular weight is 424 g/mol. The summed E-state index contributed by atoms with van der Waals surface area (Å²) in [5, 5.41) is 7.07. The summed E-state index contributed by atoms with van der Waals surface area (Å²) in [6, 6.07) is 7.90. The molecule has 0 radical (unpaired) electrons. The van der Waals surface area contributed by atoms with E-state index in [0.29, 0.717) is 42.5 Å². The summed E-state index contributed by atoms with van der Waals surface area (Å²) in [5.74, 6) is 0.395. The molecule has 1 aliphatic heterocycles. The van der Waals surface area contributed by atoms with E-state index in [1.807, 2.05) is 31.2 Å². The zero-order valence-electron chi connectivity index (χ0n) is 16.5. The number of nitrogens with one attached hydrogen (secondary N) is 1. The third kappa shape index (κ3) is 4.13. The van der Waals surface area contributed by atoms with Gasteiger partial charge in [-0.2, -0.15) is 5.10 Å². The van der Waals surface area contributed by atoms with Crippen LogP contribution in [0, 0.1) is 11.7 Å². The first-order valence-corrected chi connectivity index (χ1v) is 9.99. The van der Waals surface area contributed by atoms with Crippen molar-refractivity contribution in [3.05, 3.63) is 58.9 Å². The van der Waals surface area contributed by atoms with E-state index < -0.39 is 0 Å². The Labute approximate surface area is 178 Å². The van der Waals surface area contributed by atoms with E-state index in [1.165, 1.54) is 18.6 Å². The molecule has 1 saturated heterocycles. The van der Waals surface area contributed by atoms with E-state index in [4.69, 9.17) is 12.2 Å². The normalized spacial score (nSPS) is 14.0. The summed E-state index contributed by atoms with van der Waals surface area (Å²) >= 11 is 5.33. The molecule has 3 aromatic rings. The molecule has 2 amide bonds. The number of hydrogen-bond acceptors (Lipinski definition) is 6. The van der Waals surface area contributed by atoms with Crippen LogP contribution in [0.1, 0.15) is 16.1 Å². The van der Waals surface area contributed by atoms with Gasteiger partial charge < -0.3 is 9.80 Å². The minimum Gasteiger partial charge on any atom is -0.338 e. The van der Waals surface area contributed by atoms with Gasteiger partial charge in [0.2, 0.25) is 5.91 Å². The largest absolute Gasteiger partial charge is 0.338 e. The van der Waals surface area contributed by atoms with Crippen LogP contribution >= 0.6 is 12.2 Å². The van der Waals surface area contributed by atoms with Crippen molar-refractivity contribution in [2.75, 3.05) is 26.2 Å². The molecular formula is C20H21N7O2S. The third-order valence-corrected chi connectivity index (χ3v) is 5.37. The van der Waals surface area contributed by atoms with Crippen molar-refractivity contribution in [1.29, 1.82) is 0 Å². The number of hydrogen-bond donors (Lipinski definition) is 1. The lowest BCUT2D eigenvalue weighted by atomic mass is 10.1. The Morgan fingerprint density at radius 2 is 1.77 bits per heavy atom. The van der Waals surface area contributed by atoms with Crippen molar-refractivity contribution in [1.82, 2.24) is 34.5 Å². The zero-order valence-corrected chi connectivity index (χ0v) is 17.3. The number of H-pyrrole nitrogens is 1. The number of amides is 2. The van der Waals surface area contributed by atoms with Gasteiger partial charge in [0.25, 0.3) is 5.91 Å². The number of carbonyl (C=O) groups is 2. The van der Waals surface area contributed by atoms with Gasteiger partial charge in [0.1, 0.15) is 12.2 Å². The zero-order chi connectivity index (χ0) is 21.1. The second-order valence-corrected chi connectivity index (χ2v) is 7.45. The summed E-state index contributed by atoms with van der Waals surface area (Å²) in [6.07, 6.45) is 4.47. The van der Waals surface area contributed by atoms with E-state index in [9.17, 15) is 9.59 Å². The van der Waals surface area contributed by atoms with Gasteiger partial charge in [-0.25, -0.2) is 4.98 Å².